The molecule has 1 aliphatic rings. The van der Waals surface area contributed by atoms with Crippen molar-refractivity contribution in [1.29, 1.82) is 0 Å². The fraction of sp³-hybridized carbons (Fsp3) is 0.200. The van der Waals surface area contributed by atoms with Crippen molar-refractivity contribution in [2.45, 2.75) is 12.8 Å². The highest BCUT2D eigenvalue weighted by molar-refractivity contribution is 6.07. The first-order chi connectivity index (χ1) is 12.1. The smallest absolute Gasteiger partial charge is 0.250 e. The quantitative estimate of drug-likeness (QED) is 0.852. The van der Waals surface area contributed by atoms with Gasteiger partial charge < -0.3 is 15.0 Å². The lowest BCUT2D eigenvalue weighted by Gasteiger charge is -2.15. The monoisotopic (exact) mass is 336 g/mol. The molecule has 128 valence electrons. The second-order valence-electron chi connectivity index (χ2n) is 5.71. The summed E-state index contributed by atoms with van der Waals surface area (Å²) in [6.45, 7) is 6.31. The molecule has 0 radical (unpaired) electrons. The third-order valence-electron chi connectivity index (χ3n) is 4.14. The number of hydrogen-bond acceptors (Lipinski definition) is 3. The Morgan fingerprint density at radius 2 is 2.08 bits per heavy atom. The molecule has 1 unspecified atom stereocenters. The molecular weight excluding hydrogens is 316 g/mol. The third kappa shape index (κ3) is 3.40. The van der Waals surface area contributed by atoms with Crippen LogP contribution < -0.4 is 15.0 Å². The normalized spacial score (nSPS) is 15.4. The molecule has 5 heteroatoms. The molecule has 2 aromatic rings. The van der Waals surface area contributed by atoms with E-state index in [1.54, 1.807) is 11.0 Å². The molecule has 2 amide bonds. The number of nitrogens with one attached hydrogen (secondary N) is 1. The van der Waals surface area contributed by atoms with E-state index in [-0.39, 0.29) is 11.8 Å². The van der Waals surface area contributed by atoms with Crippen LogP contribution in [0, 0.1) is 0 Å². The highest BCUT2D eigenvalue weighted by Gasteiger charge is 2.35. The maximum Gasteiger partial charge on any atom is 0.250 e. The average Bonchev–Trinajstić information content (AvgIpc) is 3.01. The molecule has 0 aromatic heterocycles. The summed E-state index contributed by atoms with van der Waals surface area (Å²) in [6, 6.07) is 14.7. The predicted molar refractivity (Wildman–Crippen MR) is 98.0 cm³/mol. The number of ether oxygens (including phenoxy) is 1. The SMILES string of the molecule is C=CC(=O)N1CC(C(=O)Nc2cccc(OCC)c2)c2ccccc21. The van der Waals surface area contributed by atoms with E-state index in [1.807, 2.05) is 49.4 Å². The van der Waals surface area contributed by atoms with Gasteiger partial charge in [-0.1, -0.05) is 30.8 Å². The van der Waals surface area contributed by atoms with Crippen molar-refractivity contribution in [1.82, 2.24) is 0 Å². The summed E-state index contributed by atoms with van der Waals surface area (Å²) in [5, 5.41) is 2.92. The van der Waals surface area contributed by atoms with Gasteiger partial charge in [0, 0.05) is 24.0 Å². The summed E-state index contributed by atoms with van der Waals surface area (Å²) in [4.78, 5) is 26.5. The van der Waals surface area contributed by atoms with Gasteiger partial charge in [0.1, 0.15) is 5.75 Å². The highest BCUT2D eigenvalue weighted by Crippen LogP contribution is 2.37. The Balaban J connectivity index is 1.82. The molecule has 1 aliphatic heterocycles. The van der Waals surface area contributed by atoms with Gasteiger partial charge in [0.25, 0.3) is 0 Å². The Hall–Kier alpha value is -3.08. The number of rotatable bonds is 5. The highest BCUT2D eigenvalue weighted by atomic mass is 16.5. The van der Waals surface area contributed by atoms with Crippen LogP contribution in [-0.4, -0.2) is 25.0 Å². The summed E-state index contributed by atoms with van der Waals surface area (Å²) in [7, 11) is 0. The molecule has 1 heterocycles. The van der Waals surface area contributed by atoms with E-state index in [9.17, 15) is 9.59 Å². The van der Waals surface area contributed by atoms with Crippen LogP contribution in [0.25, 0.3) is 0 Å². The van der Waals surface area contributed by atoms with E-state index in [1.165, 1.54) is 6.08 Å². The van der Waals surface area contributed by atoms with Crippen molar-refractivity contribution in [2.75, 3.05) is 23.4 Å². The van der Waals surface area contributed by atoms with Gasteiger partial charge in [0.2, 0.25) is 11.8 Å². The van der Waals surface area contributed by atoms with Gasteiger partial charge in [-0.05, 0) is 36.8 Å². The Bertz CT molecular complexity index is 816. The van der Waals surface area contributed by atoms with E-state index in [0.717, 1.165) is 11.3 Å². The second-order valence-corrected chi connectivity index (χ2v) is 5.71. The van der Waals surface area contributed by atoms with E-state index < -0.39 is 5.92 Å². The third-order valence-corrected chi connectivity index (χ3v) is 4.14. The molecule has 0 fully saturated rings. The zero-order valence-corrected chi connectivity index (χ0v) is 14.1. The van der Waals surface area contributed by atoms with Crippen molar-refractivity contribution in [2.24, 2.45) is 0 Å². The van der Waals surface area contributed by atoms with Crippen LogP contribution in [0.4, 0.5) is 11.4 Å². The van der Waals surface area contributed by atoms with Crippen molar-refractivity contribution < 1.29 is 14.3 Å². The number of benzene rings is 2. The first-order valence-electron chi connectivity index (χ1n) is 8.20. The van der Waals surface area contributed by atoms with Crippen LogP contribution >= 0.6 is 0 Å². The topological polar surface area (TPSA) is 58.6 Å². The molecular formula is C20H20N2O3. The Kier molecular flexibility index (Phi) is 4.84. The van der Waals surface area contributed by atoms with Gasteiger partial charge in [0.15, 0.2) is 0 Å². The zero-order valence-electron chi connectivity index (χ0n) is 14.1. The van der Waals surface area contributed by atoms with Gasteiger partial charge in [-0.2, -0.15) is 0 Å². The van der Waals surface area contributed by atoms with Gasteiger partial charge in [-0.15, -0.1) is 0 Å². The van der Waals surface area contributed by atoms with Crippen LogP contribution in [0.15, 0.2) is 61.2 Å². The number of anilines is 2. The second kappa shape index (κ2) is 7.21. The summed E-state index contributed by atoms with van der Waals surface area (Å²) >= 11 is 0. The lowest BCUT2D eigenvalue weighted by Crippen LogP contribution is -2.31. The molecule has 1 atom stereocenters. The van der Waals surface area contributed by atoms with E-state index in [4.69, 9.17) is 4.74 Å². The van der Waals surface area contributed by atoms with E-state index >= 15 is 0 Å². The number of nitrogens with zero attached hydrogens (tertiary/aromatic N) is 1. The lowest BCUT2D eigenvalue weighted by molar-refractivity contribution is -0.117. The molecule has 3 rings (SSSR count). The Morgan fingerprint density at radius 3 is 2.84 bits per heavy atom. The van der Waals surface area contributed by atoms with Gasteiger partial charge >= 0.3 is 0 Å². The molecule has 0 spiro atoms. The fourth-order valence-corrected chi connectivity index (χ4v) is 3.01. The van der Waals surface area contributed by atoms with Crippen molar-refractivity contribution in [3.8, 4) is 5.75 Å². The molecule has 5 nitrogen and oxygen atoms in total. The van der Waals surface area contributed by atoms with E-state index in [2.05, 4.69) is 11.9 Å². The van der Waals surface area contributed by atoms with Gasteiger partial charge in [-0.3, -0.25) is 9.59 Å². The Labute approximate surface area is 146 Å². The summed E-state index contributed by atoms with van der Waals surface area (Å²) in [5.74, 6) is -0.0759. The summed E-state index contributed by atoms with van der Waals surface area (Å²) in [5.41, 5.74) is 2.27. The maximum absolute atomic E-state index is 12.8. The van der Waals surface area contributed by atoms with Crippen LogP contribution in [0.5, 0.6) is 5.75 Å². The van der Waals surface area contributed by atoms with Crippen molar-refractivity contribution in [3.05, 3.63) is 66.7 Å². The number of para-hydroxylation sites is 1. The Morgan fingerprint density at radius 1 is 1.28 bits per heavy atom. The van der Waals surface area contributed by atoms with Crippen LogP contribution in [0.1, 0.15) is 18.4 Å². The predicted octanol–water partition coefficient (Wildman–Crippen LogP) is 3.34. The fourth-order valence-electron chi connectivity index (χ4n) is 3.01. The molecule has 1 N–H and O–H groups in total. The van der Waals surface area contributed by atoms with E-state index in [0.29, 0.717) is 24.6 Å². The molecule has 0 saturated heterocycles. The molecule has 0 saturated carbocycles. The summed E-state index contributed by atoms with van der Waals surface area (Å²) in [6.07, 6.45) is 1.27. The largest absolute Gasteiger partial charge is 0.494 e. The zero-order chi connectivity index (χ0) is 17.8. The van der Waals surface area contributed by atoms with Gasteiger partial charge in [-0.25, -0.2) is 0 Å². The number of fused-ring (bicyclic) bond motifs is 1. The first kappa shape index (κ1) is 16.8. The van der Waals surface area contributed by atoms with Crippen molar-refractivity contribution in [3.63, 3.8) is 0 Å². The minimum absolute atomic E-state index is 0.152. The molecule has 2 aromatic carbocycles. The van der Waals surface area contributed by atoms with Crippen LogP contribution in [-0.2, 0) is 9.59 Å². The number of amides is 2. The minimum atomic E-state index is -0.421. The molecule has 0 bridgehead atoms. The number of hydrogen-bond donors (Lipinski definition) is 1. The first-order valence-corrected chi connectivity index (χ1v) is 8.20. The lowest BCUT2D eigenvalue weighted by atomic mass is 10.0. The number of carbonyl (C=O) groups is 2. The van der Waals surface area contributed by atoms with Crippen LogP contribution in [0.2, 0.25) is 0 Å². The molecule has 25 heavy (non-hydrogen) atoms. The number of carbonyl (C=O) groups excluding carboxylic acids is 2. The summed E-state index contributed by atoms with van der Waals surface area (Å²) < 4.78 is 5.46. The molecule has 0 aliphatic carbocycles. The standard InChI is InChI=1S/C20H20N2O3/c1-3-19(23)22-13-17(16-10-5-6-11-18(16)22)20(24)21-14-8-7-9-15(12-14)25-4-2/h3,5-12,17H,1,4,13H2,2H3,(H,21,24). The van der Waals surface area contributed by atoms with Gasteiger partial charge in [0.05, 0.1) is 12.5 Å². The van der Waals surface area contributed by atoms with Crippen molar-refractivity contribution >= 4 is 23.2 Å². The maximum atomic E-state index is 12.8. The van der Waals surface area contributed by atoms with Crippen LogP contribution in [0.3, 0.4) is 0 Å². The minimum Gasteiger partial charge on any atom is -0.494 e. The average molecular weight is 336 g/mol.